The van der Waals surface area contributed by atoms with Crippen molar-refractivity contribution in [3.05, 3.63) is 24.3 Å². The maximum atomic E-state index is 12.1. The van der Waals surface area contributed by atoms with E-state index in [4.69, 9.17) is 5.73 Å². The van der Waals surface area contributed by atoms with Crippen LogP contribution >= 0.6 is 0 Å². The number of rotatable bonds is 18. The molecule has 1 aromatic carbocycles. The van der Waals surface area contributed by atoms with E-state index in [1.165, 1.54) is 101 Å². The van der Waals surface area contributed by atoms with Crippen LogP contribution in [0.2, 0.25) is 0 Å². The zero-order valence-corrected chi connectivity index (χ0v) is 24.4. The summed E-state index contributed by atoms with van der Waals surface area (Å²) < 4.78 is 26.4. The van der Waals surface area contributed by atoms with Crippen LogP contribution in [0.3, 0.4) is 0 Å². The first kappa shape index (κ1) is 30.2. The number of amides is 1. The van der Waals surface area contributed by atoms with E-state index in [1.54, 1.807) is 0 Å². The number of nitrogens with two attached hydrogens (primary N) is 1. The molecule has 0 bridgehead atoms. The summed E-state index contributed by atoms with van der Waals surface area (Å²) in [6, 6.07) is 5.82. The Morgan fingerprint density at radius 1 is 0.742 bits per heavy atom. The molecule has 7 heteroatoms. The standard InChI is InChI=1S/C24H42N2O3S.Sn.2H/c1-2-3-4-5-6-7-8-9-10-11-12-13-14-15-16-17-24(27)26-30(28,29)23-20-18-22(25)19-21-23;;;/h18-21H,2-17,25H2,1H3,(H,26,27);;;. The van der Waals surface area contributed by atoms with Gasteiger partial charge >= 0.3 is 23.9 Å². The molecule has 1 rings (SSSR count). The number of nitrogen functional groups attached to an aromatic ring is 1. The Bertz CT molecular complexity index is 679. The van der Waals surface area contributed by atoms with Crippen molar-refractivity contribution in [1.29, 1.82) is 0 Å². The third kappa shape index (κ3) is 15.6. The van der Waals surface area contributed by atoms with Crippen molar-refractivity contribution in [1.82, 2.24) is 4.72 Å². The molecule has 5 nitrogen and oxygen atoms in total. The van der Waals surface area contributed by atoms with Gasteiger partial charge in [-0.05, 0) is 30.7 Å². The van der Waals surface area contributed by atoms with Gasteiger partial charge in [-0.2, -0.15) is 0 Å². The van der Waals surface area contributed by atoms with Crippen molar-refractivity contribution in [2.45, 2.75) is 115 Å². The molecular formula is C24H44N2O3SSn. The van der Waals surface area contributed by atoms with Gasteiger partial charge in [0.25, 0.3) is 10.0 Å². The van der Waals surface area contributed by atoms with Crippen molar-refractivity contribution < 1.29 is 13.2 Å². The van der Waals surface area contributed by atoms with E-state index in [1.807, 2.05) is 0 Å². The van der Waals surface area contributed by atoms with Gasteiger partial charge in [0.05, 0.1) is 4.90 Å². The summed E-state index contributed by atoms with van der Waals surface area (Å²) in [5.41, 5.74) is 6.04. The Hall–Kier alpha value is -0.761. The molecular weight excluding hydrogens is 515 g/mol. The van der Waals surface area contributed by atoms with Gasteiger partial charge in [0.15, 0.2) is 0 Å². The van der Waals surface area contributed by atoms with Crippen molar-refractivity contribution in [3.63, 3.8) is 0 Å². The van der Waals surface area contributed by atoms with Crippen LogP contribution in [-0.4, -0.2) is 38.2 Å². The molecule has 31 heavy (non-hydrogen) atoms. The summed E-state index contributed by atoms with van der Waals surface area (Å²) >= 11 is 0. The van der Waals surface area contributed by atoms with Crippen LogP contribution in [0.5, 0.6) is 0 Å². The average molecular weight is 559 g/mol. The van der Waals surface area contributed by atoms with Gasteiger partial charge in [-0.15, -0.1) is 0 Å². The number of sulfonamides is 1. The minimum absolute atomic E-state index is 0. The fourth-order valence-electron chi connectivity index (χ4n) is 3.56. The van der Waals surface area contributed by atoms with E-state index in [0.29, 0.717) is 5.69 Å². The van der Waals surface area contributed by atoms with Crippen molar-refractivity contribution >= 4 is 45.5 Å². The number of benzene rings is 1. The first-order chi connectivity index (χ1) is 14.5. The predicted octanol–water partition coefficient (Wildman–Crippen LogP) is 5.42. The van der Waals surface area contributed by atoms with Crippen LogP contribution in [0.25, 0.3) is 0 Å². The third-order valence-corrected chi connectivity index (χ3v) is 6.84. The Labute approximate surface area is 207 Å². The van der Waals surface area contributed by atoms with Gasteiger partial charge in [0.2, 0.25) is 5.91 Å². The summed E-state index contributed by atoms with van der Waals surface area (Å²) in [4.78, 5) is 12.0. The maximum absolute atomic E-state index is 12.1. The average Bonchev–Trinajstić information content (AvgIpc) is 2.71. The zero-order valence-electron chi connectivity index (χ0n) is 19.5. The normalized spacial score (nSPS) is 11.1. The first-order valence-corrected chi connectivity index (χ1v) is 13.3. The third-order valence-electron chi connectivity index (χ3n) is 5.45. The molecule has 0 aliphatic rings. The number of carbonyl (C=O) groups excluding carboxylic acids is 1. The van der Waals surface area contributed by atoms with Gasteiger partial charge in [-0.3, -0.25) is 4.79 Å². The fraction of sp³-hybridized carbons (Fsp3) is 0.708. The monoisotopic (exact) mass is 560 g/mol. The van der Waals surface area contributed by atoms with E-state index < -0.39 is 15.9 Å². The second kappa shape index (κ2) is 18.8. The Balaban J connectivity index is 0.00000900. The summed E-state index contributed by atoms with van der Waals surface area (Å²) in [6.45, 7) is 2.26. The Morgan fingerprint density at radius 2 is 1.13 bits per heavy atom. The molecule has 0 spiro atoms. The quantitative estimate of drug-likeness (QED) is 0.143. The Morgan fingerprint density at radius 3 is 1.55 bits per heavy atom. The first-order valence-electron chi connectivity index (χ1n) is 11.9. The van der Waals surface area contributed by atoms with Crippen molar-refractivity contribution in [3.8, 4) is 0 Å². The van der Waals surface area contributed by atoms with Gasteiger partial charge in [-0.1, -0.05) is 96.8 Å². The molecule has 0 saturated carbocycles. The van der Waals surface area contributed by atoms with E-state index in [9.17, 15) is 13.2 Å². The van der Waals surface area contributed by atoms with Crippen molar-refractivity contribution in [2.24, 2.45) is 0 Å². The molecule has 0 atom stereocenters. The summed E-state index contributed by atoms with van der Waals surface area (Å²) in [6.07, 6.45) is 19.2. The van der Waals surface area contributed by atoms with Crippen molar-refractivity contribution in [2.75, 3.05) is 5.73 Å². The van der Waals surface area contributed by atoms with Gasteiger partial charge in [-0.25, -0.2) is 13.1 Å². The molecule has 0 fully saturated rings. The van der Waals surface area contributed by atoms with E-state index in [0.717, 1.165) is 19.3 Å². The number of hydrogen-bond acceptors (Lipinski definition) is 4. The van der Waals surface area contributed by atoms with Gasteiger partial charge < -0.3 is 5.73 Å². The fourth-order valence-corrected chi connectivity index (χ4v) is 4.58. The molecule has 0 aromatic heterocycles. The molecule has 1 aromatic rings. The molecule has 1 amide bonds. The summed E-state index contributed by atoms with van der Waals surface area (Å²) in [7, 11) is -3.80. The SMILES string of the molecule is CCCCCCCCCCCCCCCCCC(=O)NS(=O)(=O)c1ccc(N)cc1.[SnH2]. The second-order valence-electron chi connectivity index (χ2n) is 8.30. The van der Waals surface area contributed by atoms with Crippen LogP contribution in [0.15, 0.2) is 29.2 Å². The van der Waals surface area contributed by atoms with Crippen LogP contribution < -0.4 is 10.5 Å². The summed E-state index contributed by atoms with van der Waals surface area (Å²) in [5, 5.41) is 0. The van der Waals surface area contributed by atoms with E-state index >= 15 is 0 Å². The number of anilines is 1. The molecule has 0 unspecified atom stereocenters. The minimum atomic E-state index is -3.80. The van der Waals surface area contributed by atoms with Crippen LogP contribution in [0, 0.1) is 0 Å². The number of carbonyl (C=O) groups is 1. The van der Waals surface area contributed by atoms with Crippen LogP contribution in [-0.2, 0) is 14.8 Å². The molecule has 2 radical (unpaired) electrons. The van der Waals surface area contributed by atoms with Crippen LogP contribution in [0.4, 0.5) is 5.69 Å². The topological polar surface area (TPSA) is 89.3 Å². The second-order valence-corrected chi connectivity index (χ2v) is 9.98. The van der Waals surface area contributed by atoms with E-state index in [-0.39, 0.29) is 35.2 Å². The predicted molar refractivity (Wildman–Crippen MR) is 134 cm³/mol. The molecule has 0 heterocycles. The number of unbranched alkanes of at least 4 members (excludes halogenated alkanes) is 14. The molecule has 0 saturated heterocycles. The molecule has 178 valence electrons. The number of nitrogens with one attached hydrogen (secondary N) is 1. The zero-order chi connectivity index (χ0) is 22.1. The molecule has 0 aliphatic heterocycles. The van der Waals surface area contributed by atoms with Crippen LogP contribution in [0.1, 0.15) is 110 Å². The molecule has 3 N–H and O–H groups in total. The van der Waals surface area contributed by atoms with E-state index in [2.05, 4.69) is 11.6 Å². The van der Waals surface area contributed by atoms with Gasteiger partial charge in [0.1, 0.15) is 0 Å². The summed E-state index contributed by atoms with van der Waals surface area (Å²) in [5.74, 6) is -0.443. The number of hydrogen-bond donors (Lipinski definition) is 2. The molecule has 0 aliphatic carbocycles. The van der Waals surface area contributed by atoms with Gasteiger partial charge in [0, 0.05) is 12.1 Å². The Kier molecular flexibility index (Phi) is 18.3.